The van der Waals surface area contributed by atoms with Crippen LogP contribution in [0.1, 0.15) is 41.6 Å². The molecule has 3 rings (SSSR count). The van der Waals surface area contributed by atoms with Gasteiger partial charge in [-0.1, -0.05) is 0 Å². The van der Waals surface area contributed by atoms with Crippen LogP contribution in [-0.4, -0.2) is 54.1 Å². The highest BCUT2D eigenvalue weighted by Crippen LogP contribution is 2.42. The summed E-state index contributed by atoms with van der Waals surface area (Å²) in [7, 11) is 1.55. The van der Waals surface area contributed by atoms with Gasteiger partial charge in [-0.25, -0.2) is 13.8 Å². The number of imidazole rings is 1. The van der Waals surface area contributed by atoms with Crippen LogP contribution in [0.5, 0.6) is 0 Å². The molecule has 1 aliphatic heterocycles. The van der Waals surface area contributed by atoms with Crippen molar-refractivity contribution in [2.45, 2.75) is 37.6 Å². The first kappa shape index (κ1) is 17.8. The molecule has 1 atom stereocenters. The standard InChI is InChI=1S/C16H22F2N4O3/c1-25-5-4-19-15(24)12-9-20-13-3-2-11(22(12)13)8-21-14(23)10-6-16(17,18)7-10/h9-11H,2-8H2,1H3,(H,19,24)(H,21,23). The lowest BCUT2D eigenvalue weighted by molar-refractivity contribution is -0.150. The summed E-state index contributed by atoms with van der Waals surface area (Å²) in [4.78, 5) is 28.5. The fourth-order valence-electron chi connectivity index (χ4n) is 3.34. The zero-order valence-corrected chi connectivity index (χ0v) is 14.1. The Morgan fingerprint density at radius 1 is 1.40 bits per heavy atom. The smallest absolute Gasteiger partial charge is 0.269 e. The van der Waals surface area contributed by atoms with E-state index in [1.807, 2.05) is 4.57 Å². The Kier molecular flexibility index (Phi) is 5.03. The second-order valence-electron chi connectivity index (χ2n) is 6.58. The number of aromatic nitrogens is 2. The fourth-order valence-corrected chi connectivity index (χ4v) is 3.34. The van der Waals surface area contributed by atoms with Gasteiger partial charge in [-0.3, -0.25) is 9.59 Å². The van der Waals surface area contributed by atoms with Crippen molar-refractivity contribution in [1.82, 2.24) is 20.2 Å². The van der Waals surface area contributed by atoms with Gasteiger partial charge in [0.2, 0.25) is 11.8 Å². The summed E-state index contributed by atoms with van der Waals surface area (Å²) in [5, 5.41) is 5.49. The summed E-state index contributed by atoms with van der Waals surface area (Å²) in [5.41, 5.74) is 0.443. The van der Waals surface area contributed by atoms with Crippen molar-refractivity contribution in [3.05, 3.63) is 17.7 Å². The van der Waals surface area contributed by atoms with E-state index in [1.165, 1.54) is 6.20 Å². The van der Waals surface area contributed by atoms with Crippen LogP contribution < -0.4 is 10.6 Å². The Balaban J connectivity index is 1.57. The van der Waals surface area contributed by atoms with Gasteiger partial charge in [0.15, 0.2) is 0 Å². The van der Waals surface area contributed by atoms with Gasteiger partial charge >= 0.3 is 0 Å². The maximum atomic E-state index is 12.9. The number of hydrogen-bond acceptors (Lipinski definition) is 4. The third-order valence-corrected chi connectivity index (χ3v) is 4.74. The number of carbonyl (C=O) groups is 2. The first-order valence-corrected chi connectivity index (χ1v) is 8.40. The van der Waals surface area contributed by atoms with Crippen molar-refractivity contribution < 1.29 is 23.1 Å². The zero-order chi connectivity index (χ0) is 18.0. The highest BCUT2D eigenvalue weighted by atomic mass is 19.3. The average molecular weight is 356 g/mol. The summed E-state index contributed by atoms with van der Waals surface area (Å²) in [5.74, 6) is -3.11. The molecule has 2 N–H and O–H groups in total. The van der Waals surface area contributed by atoms with E-state index in [1.54, 1.807) is 7.11 Å². The van der Waals surface area contributed by atoms with Crippen molar-refractivity contribution in [1.29, 1.82) is 0 Å². The van der Waals surface area contributed by atoms with Crippen LogP contribution in [0.3, 0.4) is 0 Å². The number of fused-ring (bicyclic) bond motifs is 1. The molecule has 0 radical (unpaired) electrons. The molecule has 138 valence electrons. The topological polar surface area (TPSA) is 85.2 Å². The number of nitrogens with one attached hydrogen (secondary N) is 2. The Hall–Kier alpha value is -2.03. The molecule has 2 amide bonds. The first-order chi connectivity index (χ1) is 11.9. The Bertz CT molecular complexity index is 654. The lowest BCUT2D eigenvalue weighted by atomic mass is 9.81. The summed E-state index contributed by atoms with van der Waals surface area (Å²) in [6.45, 7) is 1.12. The number of nitrogens with zero attached hydrogens (tertiary/aromatic N) is 2. The van der Waals surface area contributed by atoms with Crippen molar-refractivity contribution >= 4 is 11.8 Å². The van der Waals surface area contributed by atoms with E-state index in [-0.39, 0.29) is 30.7 Å². The van der Waals surface area contributed by atoms with E-state index in [0.29, 0.717) is 31.8 Å². The number of amides is 2. The van der Waals surface area contributed by atoms with E-state index in [4.69, 9.17) is 4.74 Å². The van der Waals surface area contributed by atoms with Crippen LogP contribution >= 0.6 is 0 Å². The van der Waals surface area contributed by atoms with Crippen molar-refractivity contribution in [2.75, 3.05) is 26.8 Å². The van der Waals surface area contributed by atoms with E-state index in [9.17, 15) is 18.4 Å². The number of alkyl halides is 2. The van der Waals surface area contributed by atoms with E-state index >= 15 is 0 Å². The highest BCUT2D eigenvalue weighted by molar-refractivity contribution is 5.92. The van der Waals surface area contributed by atoms with Crippen LogP contribution in [0, 0.1) is 5.92 Å². The first-order valence-electron chi connectivity index (χ1n) is 8.40. The number of methoxy groups -OCH3 is 1. The molecule has 0 bridgehead atoms. The highest BCUT2D eigenvalue weighted by Gasteiger charge is 2.48. The van der Waals surface area contributed by atoms with Crippen molar-refractivity contribution in [3.8, 4) is 0 Å². The number of carbonyl (C=O) groups excluding carboxylic acids is 2. The number of hydrogen-bond donors (Lipinski definition) is 2. The summed E-state index contributed by atoms with van der Waals surface area (Å²) < 4.78 is 32.5. The van der Waals surface area contributed by atoms with Gasteiger partial charge < -0.3 is 19.9 Å². The second kappa shape index (κ2) is 7.07. The second-order valence-corrected chi connectivity index (χ2v) is 6.58. The number of aryl methyl sites for hydroxylation is 1. The summed E-state index contributed by atoms with van der Waals surface area (Å²) in [6, 6.07) is -0.0924. The van der Waals surface area contributed by atoms with Gasteiger partial charge in [-0.05, 0) is 6.42 Å². The third-order valence-electron chi connectivity index (χ3n) is 4.74. The number of ether oxygens (including phenoxy) is 1. The van der Waals surface area contributed by atoms with Crippen LogP contribution in [0.15, 0.2) is 6.20 Å². The molecule has 9 heteroatoms. The van der Waals surface area contributed by atoms with Crippen LogP contribution in [-0.2, 0) is 16.0 Å². The molecule has 7 nitrogen and oxygen atoms in total. The lowest BCUT2D eigenvalue weighted by Crippen LogP contribution is -2.46. The lowest BCUT2D eigenvalue weighted by Gasteiger charge is -2.34. The molecule has 1 aromatic rings. The third kappa shape index (κ3) is 3.81. The molecule has 0 spiro atoms. The molecule has 1 fully saturated rings. The maximum absolute atomic E-state index is 12.9. The van der Waals surface area contributed by atoms with Gasteiger partial charge in [0.05, 0.1) is 18.8 Å². The van der Waals surface area contributed by atoms with Crippen LogP contribution in [0.4, 0.5) is 8.78 Å². The molecule has 2 heterocycles. The molecule has 2 aliphatic rings. The largest absolute Gasteiger partial charge is 0.383 e. The predicted molar refractivity (Wildman–Crippen MR) is 84.5 cm³/mol. The van der Waals surface area contributed by atoms with E-state index in [2.05, 4.69) is 15.6 Å². The van der Waals surface area contributed by atoms with E-state index < -0.39 is 11.8 Å². The maximum Gasteiger partial charge on any atom is 0.269 e. The molecular formula is C16H22F2N4O3. The summed E-state index contributed by atoms with van der Waals surface area (Å²) in [6.07, 6.45) is 2.23. The molecular weight excluding hydrogens is 334 g/mol. The SMILES string of the molecule is COCCNC(=O)c1cnc2n1C(CNC(=O)C1CC(F)(F)C1)CC2. The number of halogens is 2. The Morgan fingerprint density at radius 3 is 2.84 bits per heavy atom. The minimum Gasteiger partial charge on any atom is -0.383 e. The van der Waals surface area contributed by atoms with E-state index in [0.717, 1.165) is 12.2 Å². The molecule has 1 aromatic heterocycles. The Labute approximate surface area is 144 Å². The van der Waals surface area contributed by atoms with Gasteiger partial charge in [-0.2, -0.15) is 0 Å². The van der Waals surface area contributed by atoms with Crippen molar-refractivity contribution in [2.24, 2.45) is 5.92 Å². The number of rotatable bonds is 7. The molecule has 1 saturated carbocycles. The molecule has 0 aromatic carbocycles. The van der Waals surface area contributed by atoms with Crippen LogP contribution in [0.25, 0.3) is 0 Å². The predicted octanol–water partition coefficient (Wildman–Crippen LogP) is 0.908. The van der Waals surface area contributed by atoms with Crippen molar-refractivity contribution in [3.63, 3.8) is 0 Å². The van der Waals surface area contributed by atoms with Crippen LogP contribution in [0.2, 0.25) is 0 Å². The monoisotopic (exact) mass is 356 g/mol. The average Bonchev–Trinajstić information content (AvgIpc) is 3.12. The quantitative estimate of drug-likeness (QED) is 0.711. The zero-order valence-electron chi connectivity index (χ0n) is 14.1. The van der Waals surface area contributed by atoms with Gasteiger partial charge in [0.25, 0.3) is 5.91 Å². The summed E-state index contributed by atoms with van der Waals surface area (Å²) >= 11 is 0. The van der Waals surface area contributed by atoms with Gasteiger partial charge in [0, 0.05) is 45.4 Å². The molecule has 0 saturated heterocycles. The van der Waals surface area contributed by atoms with Gasteiger partial charge in [0.1, 0.15) is 11.5 Å². The normalized spacial score (nSPS) is 21.5. The Morgan fingerprint density at radius 2 is 2.16 bits per heavy atom. The molecule has 1 aliphatic carbocycles. The van der Waals surface area contributed by atoms with Gasteiger partial charge in [-0.15, -0.1) is 0 Å². The molecule has 1 unspecified atom stereocenters. The minimum atomic E-state index is -2.71. The fraction of sp³-hybridized carbons (Fsp3) is 0.688. The minimum absolute atomic E-state index is 0.0924. The molecule has 25 heavy (non-hydrogen) atoms.